The summed E-state index contributed by atoms with van der Waals surface area (Å²) in [7, 11) is 5.55. The summed E-state index contributed by atoms with van der Waals surface area (Å²) in [5, 5.41) is 8.24. The van der Waals surface area contributed by atoms with Crippen molar-refractivity contribution in [3.05, 3.63) is 65.3 Å². The fourth-order valence-corrected chi connectivity index (χ4v) is 2.83. The van der Waals surface area contributed by atoms with E-state index in [-0.39, 0.29) is 5.91 Å². The first kappa shape index (κ1) is 19.9. The Bertz CT molecular complexity index is 934. The maximum absolute atomic E-state index is 12.8. The van der Waals surface area contributed by atoms with Crippen LogP contribution in [0.5, 0.6) is 5.75 Å². The summed E-state index contributed by atoms with van der Waals surface area (Å²) in [6, 6.07) is 16.6. The zero-order valence-corrected chi connectivity index (χ0v) is 16.9. The van der Waals surface area contributed by atoms with Crippen LogP contribution in [-0.4, -0.2) is 54.9 Å². The average Bonchev–Trinajstić information content (AvgIpc) is 3.14. The zero-order chi connectivity index (χ0) is 20.1. The highest BCUT2D eigenvalue weighted by Gasteiger charge is 2.17. The van der Waals surface area contributed by atoms with E-state index in [2.05, 4.69) is 10.4 Å². The molecule has 0 atom stereocenters. The second-order valence-electron chi connectivity index (χ2n) is 6.59. The molecule has 2 aromatic carbocycles. The molecule has 0 unspecified atom stereocenters. The van der Waals surface area contributed by atoms with Gasteiger partial charge in [0.25, 0.3) is 5.91 Å². The van der Waals surface area contributed by atoms with E-state index in [4.69, 9.17) is 16.3 Å². The first-order valence-corrected chi connectivity index (χ1v) is 9.29. The molecule has 0 aliphatic heterocycles. The van der Waals surface area contributed by atoms with E-state index < -0.39 is 0 Å². The lowest BCUT2D eigenvalue weighted by molar-refractivity contribution is 0.0943. The lowest BCUT2D eigenvalue weighted by atomic mass is 10.1. The van der Waals surface area contributed by atoms with Crippen molar-refractivity contribution < 1.29 is 9.53 Å². The molecule has 0 aliphatic carbocycles. The highest BCUT2D eigenvalue weighted by molar-refractivity contribution is 6.30. The number of hydrogen-bond donors (Lipinski definition) is 1. The monoisotopic (exact) mass is 398 g/mol. The predicted molar refractivity (Wildman–Crippen MR) is 111 cm³/mol. The quantitative estimate of drug-likeness (QED) is 0.661. The molecule has 0 aliphatic rings. The van der Waals surface area contributed by atoms with Crippen LogP contribution < -0.4 is 10.1 Å². The van der Waals surface area contributed by atoms with Gasteiger partial charge in [0, 0.05) is 23.7 Å². The Morgan fingerprint density at radius 3 is 2.43 bits per heavy atom. The van der Waals surface area contributed by atoms with Crippen LogP contribution in [0.4, 0.5) is 0 Å². The second-order valence-corrected chi connectivity index (χ2v) is 7.03. The molecule has 3 aromatic rings. The molecule has 6 nitrogen and oxygen atoms in total. The molecule has 1 amide bonds. The van der Waals surface area contributed by atoms with Crippen molar-refractivity contribution in [3.63, 3.8) is 0 Å². The van der Waals surface area contributed by atoms with Gasteiger partial charge in [-0.2, -0.15) is 5.10 Å². The maximum atomic E-state index is 12.8. The van der Waals surface area contributed by atoms with Crippen LogP contribution in [0.1, 0.15) is 10.5 Å². The molecular formula is C21H23ClN4O2. The normalized spacial score (nSPS) is 10.9. The molecule has 0 bridgehead atoms. The largest absolute Gasteiger partial charge is 0.497 e. The Morgan fingerprint density at radius 2 is 1.82 bits per heavy atom. The molecule has 0 fully saturated rings. The van der Waals surface area contributed by atoms with E-state index in [1.807, 2.05) is 55.4 Å². The van der Waals surface area contributed by atoms with Crippen LogP contribution in [0.15, 0.2) is 54.6 Å². The number of aromatic nitrogens is 2. The molecule has 1 heterocycles. The molecule has 7 heteroatoms. The molecule has 1 aromatic heterocycles. The van der Waals surface area contributed by atoms with Crippen LogP contribution in [-0.2, 0) is 0 Å². The van der Waals surface area contributed by atoms with Gasteiger partial charge in [-0.3, -0.25) is 4.79 Å². The highest BCUT2D eigenvalue weighted by atomic mass is 35.5. The summed E-state index contributed by atoms with van der Waals surface area (Å²) in [4.78, 5) is 14.8. The van der Waals surface area contributed by atoms with E-state index in [0.717, 1.165) is 23.5 Å². The Hall–Kier alpha value is -2.83. The minimum Gasteiger partial charge on any atom is -0.497 e. The predicted octanol–water partition coefficient (Wildman–Crippen LogP) is 3.49. The van der Waals surface area contributed by atoms with Gasteiger partial charge in [-0.15, -0.1) is 0 Å². The van der Waals surface area contributed by atoms with Crippen molar-refractivity contribution in [1.82, 2.24) is 20.0 Å². The number of rotatable bonds is 7. The second kappa shape index (κ2) is 8.91. The van der Waals surface area contributed by atoms with E-state index in [1.165, 1.54) is 0 Å². The van der Waals surface area contributed by atoms with Crippen LogP contribution in [0, 0.1) is 0 Å². The SMILES string of the molecule is COc1ccc(-c2cc(C(=O)NCCN(C)C)n(-c3ccc(Cl)cc3)n2)cc1. The molecule has 0 saturated heterocycles. The number of carbonyl (C=O) groups excluding carboxylic acids is 1. The van der Waals surface area contributed by atoms with Gasteiger partial charge >= 0.3 is 0 Å². The van der Waals surface area contributed by atoms with Crippen molar-refractivity contribution in [3.8, 4) is 22.7 Å². The molecule has 0 radical (unpaired) electrons. The number of nitrogens with one attached hydrogen (secondary N) is 1. The van der Waals surface area contributed by atoms with Crippen LogP contribution >= 0.6 is 11.6 Å². The van der Waals surface area contributed by atoms with Gasteiger partial charge in [-0.05, 0) is 68.7 Å². The fraction of sp³-hybridized carbons (Fsp3) is 0.238. The first-order valence-electron chi connectivity index (χ1n) is 8.91. The van der Waals surface area contributed by atoms with Gasteiger partial charge in [0.15, 0.2) is 0 Å². The van der Waals surface area contributed by atoms with E-state index in [9.17, 15) is 4.79 Å². The van der Waals surface area contributed by atoms with Gasteiger partial charge in [0.2, 0.25) is 0 Å². The van der Waals surface area contributed by atoms with E-state index >= 15 is 0 Å². The molecule has 28 heavy (non-hydrogen) atoms. The van der Waals surface area contributed by atoms with E-state index in [0.29, 0.717) is 23.0 Å². The number of methoxy groups -OCH3 is 1. The Labute approximate surface area is 169 Å². The molecule has 146 valence electrons. The molecule has 1 N–H and O–H groups in total. The number of hydrogen-bond acceptors (Lipinski definition) is 4. The number of amides is 1. The van der Waals surface area contributed by atoms with Crippen molar-refractivity contribution in [2.75, 3.05) is 34.3 Å². The third kappa shape index (κ3) is 4.71. The van der Waals surface area contributed by atoms with Gasteiger partial charge < -0.3 is 15.0 Å². The van der Waals surface area contributed by atoms with Crippen LogP contribution in [0.3, 0.4) is 0 Å². The van der Waals surface area contributed by atoms with Crippen LogP contribution in [0.25, 0.3) is 16.9 Å². The third-order valence-corrected chi connectivity index (χ3v) is 4.50. The Balaban J connectivity index is 1.96. The van der Waals surface area contributed by atoms with Gasteiger partial charge in [-0.25, -0.2) is 4.68 Å². The lowest BCUT2D eigenvalue weighted by Crippen LogP contribution is -2.32. The maximum Gasteiger partial charge on any atom is 0.270 e. The lowest BCUT2D eigenvalue weighted by Gasteiger charge is -2.11. The summed E-state index contributed by atoms with van der Waals surface area (Å²) < 4.78 is 6.85. The number of likely N-dealkylation sites (N-methyl/N-ethyl adjacent to an activating group) is 1. The van der Waals surface area contributed by atoms with Gasteiger partial charge in [0.05, 0.1) is 18.5 Å². The molecule has 0 spiro atoms. The Morgan fingerprint density at radius 1 is 1.14 bits per heavy atom. The summed E-state index contributed by atoms with van der Waals surface area (Å²) in [5.41, 5.74) is 2.83. The van der Waals surface area contributed by atoms with E-state index in [1.54, 1.807) is 30.0 Å². The molecule has 3 rings (SSSR count). The third-order valence-electron chi connectivity index (χ3n) is 4.24. The Kier molecular flexibility index (Phi) is 6.34. The minimum absolute atomic E-state index is 0.177. The van der Waals surface area contributed by atoms with Crippen molar-refractivity contribution >= 4 is 17.5 Å². The zero-order valence-electron chi connectivity index (χ0n) is 16.1. The first-order chi connectivity index (χ1) is 13.5. The van der Waals surface area contributed by atoms with Crippen molar-refractivity contribution in [2.45, 2.75) is 0 Å². The highest BCUT2D eigenvalue weighted by Crippen LogP contribution is 2.24. The fourth-order valence-electron chi connectivity index (χ4n) is 2.71. The standard InChI is InChI=1S/C21H23ClN4O2/c1-25(2)13-12-23-21(27)20-14-19(15-4-10-18(28-3)11-5-15)24-26(20)17-8-6-16(22)7-9-17/h4-11,14H,12-13H2,1-3H3,(H,23,27). The smallest absolute Gasteiger partial charge is 0.270 e. The summed E-state index contributed by atoms with van der Waals surface area (Å²) in [5.74, 6) is 0.589. The number of carbonyl (C=O) groups is 1. The summed E-state index contributed by atoms with van der Waals surface area (Å²) >= 11 is 6.00. The van der Waals surface area contributed by atoms with Crippen molar-refractivity contribution in [1.29, 1.82) is 0 Å². The molecular weight excluding hydrogens is 376 g/mol. The summed E-state index contributed by atoms with van der Waals surface area (Å²) in [6.07, 6.45) is 0. The van der Waals surface area contributed by atoms with Crippen molar-refractivity contribution in [2.24, 2.45) is 0 Å². The average molecular weight is 399 g/mol. The number of nitrogens with zero attached hydrogens (tertiary/aromatic N) is 3. The van der Waals surface area contributed by atoms with Gasteiger partial charge in [0.1, 0.15) is 11.4 Å². The molecule has 0 saturated carbocycles. The topological polar surface area (TPSA) is 59.4 Å². The number of halogens is 1. The summed E-state index contributed by atoms with van der Waals surface area (Å²) in [6.45, 7) is 1.31. The van der Waals surface area contributed by atoms with Crippen LogP contribution in [0.2, 0.25) is 5.02 Å². The number of ether oxygens (including phenoxy) is 1. The number of benzene rings is 2. The minimum atomic E-state index is -0.177. The van der Waals surface area contributed by atoms with Gasteiger partial charge in [-0.1, -0.05) is 11.6 Å².